The number of hydrogen-bond acceptors (Lipinski definition) is 8. The van der Waals surface area contributed by atoms with Gasteiger partial charge in [-0.15, -0.1) is 0 Å². The Hall–Kier alpha value is -2.26. The van der Waals surface area contributed by atoms with Crippen molar-refractivity contribution in [2.45, 2.75) is 18.9 Å². The Morgan fingerprint density at radius 2 is 2.00 bits per heavy atom. The lowest BCUT2D eigenvalue weighted by Crippen LogP contribution is -2.38. The number of hydrazine groups is 1. The summed E-state index contributed by atoms with van der Waals surface area (Å²) in [7, 11) is 1.75. The van der Waals surface area contributed by atoms with Crippen LogP contribution in [0.5, 0.6) is 0 Å². The molecule has 21 heavy (non-hydrogen) atoms. The van der Waals surface area contributed by atoms with E-state index in [1.807, 2.05) is 6.07 Å². The predicted octanol–water partition coefficient (Wildman–Crippen LogP) is -0.0419. The summed E-state index contributed by atoms with van der Waals surface area (Å²) in [6, 6.07) is 1.81. The maximum Gasteiger partial charge on any atom is 0.257 e. The standard InChI is InChI=1S/C12H18N8O/c1-21-9-3-7-19(8-4-9)11-15-10(18-13)16-12(17-11)20-6-2-5-14-20/h2,5-6,9H,3-4,7-8,13H2,1H3,(H,15,16,17,18). The molecule has 0 radical (unpaired) electrons. The Morgan fingerprint density at radius 1 is 1.24 bits per heavy atom. The highest BCUT2D eigenvalue weighted by molar-refractivity contribution is 5.39. The van der Waals surface area contributed by atoms with Crippen LogP contribution in [0.25, 0.3) is 5.95 Å². The summed E-state index contributed by atoms with van der Waals surface area (Å²) in [5.41, 5.74) is 2.47. The molecule has 0 atom stereocenters. The first-order valence-electron chi connectivity index (χ1n) is 6.80. The minimum Gasteiger partial charge on any atom is -0.381 e. The molecule has 9 nitrogen and oxygen atoms in total. The molecule has 3 N–H and O–H groups in total. The molecular weight excluding hydrogens is 272 g/mol. The number of nitrogen functional groups attached to an aromatic ring is 1. The maximum atomic E-state index is 5.44. The number of anilines is 2. The van der Waals surface area contributed by atoms with E-state index in [1.54, 1.807) is 24.2 Å². The Balaban J connectivity index is 1.86. The molecule has 0 saturated carbocycles. The third-order valence-electron chi connectivity index (χ3n) is 3.51. The largest absolute Gasteiger partial charge is 0.381 e. The molecule has 0 aromatic carbocycles. The second-order valence-corrected chi connectivity index (χ2v) is 4.78. The molecule has 9 heteroatoms. The van der Waals surface area contributed by atoms with E-state index in [-0.39, 0.29) is 0 Å². The van der Waals surface area contributed by atoms with Crippen LogP contribution in [-0.2, 0) is 4.74 Å². The molecule has 2 aromatic rings. The van der Waals surface area contributed by atoms with E-state index in [1.165, 1.54) is 0 Å². The topological polar surface area (TPSA) is 107 Å². The summed E-state index contributed by atoms with van der Waals surface area (Å²) in [6.45, 7) is 1.68. The van der Waals surface area contributed by atoms with Crippen molar-refractivity contribution >= 4 is 11.9 Å². The zero-order chi connectivity index (χ0) is 14.7. The second-order valence-electron chi connectivity index (χ2n) is 4.78. The average Bonchev–Trinajstić information content (AvgIpc) is 3.09. The van der Waals surface area contributed by atoms with Crippen molar-refractivity contribution in [2.24, 2.45) is 5.84 Å². The van der Waals surface area contributed by atoms with Crippen molar-refractivity contribution in [1.29, 1.82) is 0 Å². The maximum absolute atomic E-state index is 5.44. The molecule has 3 heterocycles. The van der Waals surface area contributed by atoms with Crippen LogP contribution >= 0.6 is 0 Å². The van der Waals surface area contributed by atoms with Crippen LogP contribution in [0.2, 0.25) is 0 Å². The predicted molar refractivity (Wildman–Crippen MR) is 77.0 cm³/mol. The van der Waals surface area contributed by atoms with Gasteiger partial charge in [-0.1, -0.05) is 0 Å². The number of nitrogens with two attached hydrogens (primary N) is 1. The number of aromatic nitrogens is 5. The molecule has 0 aliphatic carbocycles. The van der Waals surface area contributed by atoms with Crippen molar-refractivity contribution < 1.29 is 4.74 Å². The summed E-state index contributed by atoms with van der Waals surface area (Å²) in [5.74, 6) is 6.79. The fraction of sp³-hybridized carbons (Fsp3) is 0.500. The minimum atomic E-state index is 0.306. The first-order valence-corrected chi connectivity index (χ1v) is 6.80. The highest BCUT2D eigenvalue weighted by Gasteiger charge is 2.22. The highest BCUT2D eigenvalue weighted by Crippen LogP contribution is 2.19. The van der Waals surface area contributed by atoms with Gasteiger partial charge in [0.25, 0.3) is 5.95 Å². The van der Waals surface area contributed by atoms with Gasteiger partial charge in [-0.2, -0.15) is 20.1 Å². The van der Waals surface area contributed by atoms with Gasteiger partial charge in [0.2, 0.25) is 11.9 Å². The number of methoxy groups -OCH3 is 1. The number of piperidine rings is 1. The number of hydrogen-bond donors (Lipinski definition) is 2. The third kappa shape index (κ3) is 2.93. The van der Waals surface area contributed by atoms with Crippen molar-refractivity contribution in [3.8, 4) is 5.95 Å². The van der Waals surface area contributed by atoms with Crippen LogP contribution < -0.4 is 16.2 Å². The van der Waals surface area contributed by atoms with E-state index in [9.17, 15) is 0 Å². The smallest absolute Gasteiger partial charge is 0.257 e. The van der Waals surface area contributed by atoms with Crippen LogP contribution in [0.4, 0.5) is 11.9 Å². The molecule has 1 aliphatic heterocycles. The van der Waals surface area contributed by atoms with E-state index in [4.69, 9.17) is 10.6 Å². The van der Waals surface area contributed by atoms with Gasteiger partial charge in [0.1, 0.15) is 0 Å². The minimum absolute atomic E-state index is 0.306. The molecule has 3 rings (SSSR count). The summed E-state index contributed by atoms with van der Waals surface area (Å²) in [5, 5.41) is 4.13. The lowest BCUT2D eigenvalue weighted by atomic mass is 10.1. The lowest BCUT2D eigenvalue weighted by Gasteiger charge is -2.31. The molecular formula is C12H18N8O. The molecule has 1 fully saturated rings. The third-order valence-corrected chi connectivity index (χ3v) is 3.51. The lowest BCUT2D eigenvalue weighted by molar-refractivity contribution is 0.0816. The Morgan fingerprint density at radius 3 is 2.62 bits per heavy atom. The van der Waals surface area contributed by atoms with E-state index in [0.29, 0.717) is 23.9 Å². The average molecular weight is 290 g/mol. The van der Waals surface area contributed by atoms with Crippen LogP contribution in [0, 0.1) is 0 Å². The highest BCUT2D eigenvalue weighted by atomic mass is 16.5. The zero-order valence-corrected chi connectivity index (χ0v) is 11.8. The molecule has 0 amide bonds. The molecule has 112 valence electrons. The van der Waals surface area contributed by atoms with Crippen molar-refractivity contribution in [3.63, 3.8) is 0 Å². The van der Waals surface area contributed by atoms with Crippen molar-refractivity contribution in [2.75, 3.05) is 30.5 Å². The molecule has 0 bridgehead atoms. The fourth-order valence-electron chi connectivity index (χ4n) is 2.34. The molecule has 1 aliphatic rings. The first-order chi connectivity index (χ1) is 10.3. The SMILES string of the molecule is COC1CCN(c2nc(NN)nc(-n3cccn3)n2)CC1. The van der Waals surface area contributed by atoms with Gasteiger partial charge < -0.3 is 9.64 Å². The van der Waals surface area contributed by atoms with E-state index >= 15 is 0 Å². The summed E-state index contributed by atoms with van der Waals surface area (Å²) < 4.78 is 6.95. The zero-order valence-electron chi connectivity index (χ0n) is 11.8. The summed E-state index contributed by atoms with van der Waals surface area (Å²) in [6.07, 6.45) is 5.65. The first kappa shape index (κ1) is 13.7. The monoisotopic (exact) mass is 290 g/mol. The van der Waals surface area contributed by atoms with Crippen LogP contribution in [0.1, 0.15) is 12.8 Å². The van der Waals surface area contributed by atoms with Gasteiger partial charge in [-0.25, -0.2) is 10.5 Å². The molecule has 2 aromatic heterocycles. The molecule has 0 spiro atoms. The van der Waals surface area contributed by atoms with Gasteiger partial charge in [0.05, 0.1) is 6.10 Å². The van der Waals surface area contributed by atoms with Gasteiger partial charge in [0.15, 0.2) is 0 Å². The Labute approximate surface area is 122 Å². The summed E-state index contributed by atoms with van der Waals surface area (Å²) >= 11 is 0. The molecule has 0 unspecified atom stereocenters. The number of ether oxygens (including phenoxy) is 1. The second kappa shape index (κ2) is 6.02. The van der Waals surface area contributed by atoms with E-state index in [2.05, 4.69) is 30.4 Å². The molecule has 1 saturated heterocycles. The fourth-order valence-corrected chi connectivity index (χ4v) is 2.34. The Bertz CT molecular complexity index is 579. The van der Waals surface area contributed by atoms with Crippen LogP contribution in [0.15, 0.2) is 18.5 Å². The number of rotatable bonds is 4. The van der Waals surface area contributed by atoms with Gasteiger partial charge in [0, 0.05) is 32.6 Å². The Kier molecular flexibility index (Phi) is 3.93. The quantitative estimate of drug-likeness (QED) is 0.596. The number of nitrogens with one attached hydrogen (secondary N) is 1. The van der Waals surface area contributed by atoms with Gasteiger partial charge >= 0.3 is 0 Å². The van der Waals surface area contributed by atoms with Crippen molar-refractivity contribution in [3.05, 3.63) is 18.5 Å². The van der Waals surface area contributed by atoms with Gasteiger partial charge in [-0.05, 0) is 18.9 Å². The van der Waals surface area contributed by atoms with E-state index in [0.717, 1.165) is 25.9 Å². The van der Waals surface area contributed by atoms with E-state index < -0.39 is 0 Å². The van der Waals surface area contributed by atoms with Crippen molar-refractivity contribution in [1.82, 2.24) is 24.7 Å². The van der Waals surface area contributed by atoms with Crippen LogP contribution in [0.3, 0.4) is 0 Å². The van der Waals surface area contributed by atoms with Crippen LogP contribution in [-0.4, -0.2) is 51.0 Å². The normalized spacial score (nSPS) is 16.2. The number of nitrogens with zero attached hydrogens (tertiary/aromatic N) is 6. The van der Waals surface area contributed by atoms with Gasteiger partial charge in [-0.3, -0.25) is 5.43 Å². The summed E-state index contributed by atoms with van der Waals surface area (Å²) in [4.78, 5) is 15.1.